The third-order valence-corrected chi connectivity index (χ3v) is 2.65. The summed E-state index contributed by atoms with van der Waals surface area (Å²) in [6.45, 7) is 2.10. The molecule has 0 spiro atoms. The molecule has 0 fully saturated rings. The van der Waals surface area contributed by atoms with E-state index in [0.29, 0.717) is 11.6 Å². The molecular formula is C13H13ClN2O2. The number of carbonyl (C=O) groups is 1. The fourth-order valence-electron chi connectivity index (χ4n) is 1.71. The maximum atomic E-state index is 12.0. The maximum Gasteiger partial charge on any atom is 0.335 e. The van der Waals surface area contributed by atoms with Crippen molar-refractivity contribution in [2.24, 2.45) is 0 Å². The van der Waals surface area contributed by atoms with Gasteiger partial charge in [0.2, 0.25) is 0 Å². The van der Waals surface area contributed by atoms with Gasteiger partial charge in [-0.1, -0.05) is 41.9 Å². The smallest absolute Gasteiger partial charge is 0.335 e. The highest BCUT2D eigenvalue weighted by molar-refractivity contribution is 6.30. The zero-order valence-electron chi connectivity index (χ0n) is 9.91. The lowest BCUT2D eigenvalue weighted by molar-refractivity contribution is -0.146. The van der Waals surface area contributed by atoms with E-state index < -0.39 is 6.04 Å². The second kappa shape index (κ2) is 5.69. The fraction of sp³-hybridized carbons (Fsp3) is 0.231. The predicted molar refractivity (Wildman–Crippen MR) is 68.5 cm³/mol. The average molecular weight is 265 g/mol. The fourth-order valence-corrected chi connectivity index (χ4v) is 1.85. The minimum Gasteiger partial charge on any atom is -0.464 e. The summed E-state index contributed by atoms with van der Waals surface area (Å²) in [6.07, 6.45) is 3.10. The molecule has 0 amide bonds. The molecule has 5 heteroatoms. The first-order chi connectivity index (χ1) is 8.72. The Balaban J connectivity index is 2.38. The van der Waals surface area contributed by atoms with Crippen LogP contribution in [0.1, 0.15) is 18.5 Å². The van der Waals surface area contributed by atoms with Gasteiger partial charge in [-0.15, -0.1) is 0 Å². The standard InChI is InChI=1S/C13H13ClN2O2/c1-2-18-13(17)12(10-6-4-3-5-7-10)16-9-11(14)8-15-16/h3-9,12H,2H2,1H3. The molecule has 0 saturated heterocycles. The first kappa shape index (κ1) is 12.6. The Morgan fingerprint density at radius 1 is 1.44 bits per heavy atom. The molecule has 94 valence electrons. The molecule has 2 aromatic rings. The van der Waals surface area contributed by atoms with Gasteiger partial charge in [-0.25, -0.2) is 4.79 Å². The molecule has 0 saturated carbocycles. The van der Waals surface area contributed by atoms with Crippen molar-refractivity contribution in [1.29, 1.82) is 0 Å². The van der Waals surface area contributed by atoms with Gasteiger partial charge in [-0.2, -0.15) is 5.10 Å². The summed E-state index contributed by atoms with van der Waals surface area (Å²) in [5, 5.41) is 4.57. The second-order valence-corrected chi connectivity index (χ2v) is 4.14. The van der Waals surface area contributed by atoms with Crippen molar-refractivity contribution in [3.05, 3.63) is 53.3 Å². The molecule has 1 atom stereocenters. The van der Waals surface area contributed by atoms with E-state index in [-0.39, 0.29) is 5.97 Å². The van der Waals surface area contributed by atoms with Crippen LogP contribution >= 0.6 is 11.6 Å². The van der Waals surface area contributed by atoms with E-state index in [1.54, 1.807) is 13.1 Å². The summed E-state index contributed by atoms with van der Waals surface area (Å²) in [5.74, 6) is -0.344. The van der Waals surface area contributed by atoms with Crippen LogP contribution in [0.2, 0.25) is 5.02 Å². The minimum atomic E-state index is -0.598. The lowest BCUT2D eigenvalue weighted by atomic mass is 10.1. The lowest BCUT2D eigenvalue weighted by Gasteiger charge is -2.16. The summed E-state index contributed by atoms with van der Waals surface area (Å²) in [5.41, 5.74) is 0.815. The summed E-state index contributed by atoms with van der Waals surface area (Å²) >= 11 is 5.84. The molecule has 1 unspecified atom stereocenters. The van der Waals surface area contributed by atoms with E-state index in [0.717, 1.165) is 5.56 Å². The molecule has 2 rings (SSSR count). The van der Waals surface area contributed by atoms with E-state index in [9.17, 15) is 4.79 Å². The number of rotatable bonds is 4. The highest BCUT2D eigenvalue weighted by atomic mass is 35.5. The van der Waals surface area contributed by atoms with Gasteiger partial charge >= 0.3 is 5.97 Å². The van der Waals surface area contributed by atoms with Gasteiger partial charge in [0, 0.05) is 6.20 Å². The molecule has 18 heavy (non-hydrogen) atoms. The normalized spacial score (nSPS) is 12.1. The van der Waals surface area contributed by atoms with Gasteiger partial charge in [0.1, 0.15) is 0 Å². The van der Waals surface area contributed by atoms with Crippen molar-refractivity contribution in [2.75, 3.05) is 6.61 Å². The van der Waals surface area contributed by atoms with Crippen LogP contribution in [0.5, 0.6) is 0 Å². The lowest BCUT2D eigenvalue weighted by Crippen LogP contribution is -2.23. The van der Waals surface area contributed by atoms with Crippen molar-refractivity contribution in [2.45, 2.75) is 13.0 Å². The Hall–Kier alpha value is -1.81. The largest absolute Gasteiger partial charge is 0.464 e. The summed E-state index contributed by atoms with van der Waals surface area (Å²) in [7, 11) is 0. The van der Waals surface area contributed by atoms with Gasteiger partial charge in [0.15, 0.2) is 6.04 Å². The van der Waals surface area contributed by atoms with Crippen LogP contribution in [-0.2, 0) is 9.53 Å². The van der Waals surface area contributed by atoms with Crippen LogP contribution in [0.4, 0.5) is 0 Å². The van der Waals surface area contributed by atoms with Crippen LogP contribution in [-0.4, -0.2) is 22.4 Å². The molecule has 0 bridgehead atoms. The Kier molecular flexibility index (Phi) is 3.99. The molecule has 0 N–H and O–H groups in total. The van der Waals surface area contributed by atoms with E-state index in [1.165, 1.54) is 10.9 Å². The number of halogens is 1. The van der Waals surface area contributed by atoms with Crippen LogP contribution < -0.4 is 0 Å². The number of carbonyl (C=O) groups excluding carboxylic acids is 1. The zero-order chi connectivity index (χ0) is 13.0. The molecule has 0 aliphatic rings. The second-order valence-electron chi connectivity index (χ2n) is 3.70. The van der Waals surface area contributed by atoms with Gasteiger partial charge in [0.25, 0.3) is 0 Å². The maximum absolute atomic E-state index is 12.0. The van der Waals surface area contributed by atoms with Gasteiger partial charge in [-0.3, -0.25) is 4.68 Å². The summed E-state index contributed by atoms with van der Waals surface area (Å²) in [4.78, 5) is 12.0. The van der Waals surface area contributed by atoms with Crippen molar-refractivity contribution in [1.82, 2.24) is 9.78 Å². The number of nitrogens with zero attached hydrogens (tertiary/aromatic N) is 2. The zero-order valence-corrected chi connectivity index (χ0v) is 10.7. The number of ether oxygens (including phenoxy) is 1. The third-order valence-electron chi connectivity index (χ3n) is 2.46. The topological polar surface area (TPSA) is 44.1 Å². The van der Waals surface area contributed by atoms with E-state index >= 15 is 0 Å². The Morgan fingerprint density at radius 2 is 2.17 bits per heavy atom. The number of hydrogen-bond donors (Lipinski definition) is 0. The molecule has 0 radical (unpaired) electrons. The molecule has 0 aliphatic carbocycles. The molecule has 1 heterocycles. The Labute approximate surface area is 110 Å². The van der Waals surface area contributed by atoms with Crippen molar-refractivity contribution in [3.63, 3.8) is 0 Å². The van der Waals surface area contributed by atoms with E-state index in [1.807, 2.05) is 30.3 Å². The monoisotopic (exact) mass is 264 g/mol. The molecular weight excluding hydrogens is 252 g/mol. The van der Waals surface area contributed by atoms with Crippen LogP contribution in [0.15, 0.2) is 42.7 Å². The number of aromatic nitrogens is 2. The average Bonchev–Trinajstić information content (AvgIpc) is 2.78. The van der Waals surface area contributed by atoms with Gasteiger partial charge < -0.3 is 4.74 Å². The Morgan fingerprint density at radius 3 is 2.72 bits per heavy atom. The number of benzene rings is 1. The van der Waals surface area contributed by atoms with Crippen LogP contribution in [0.25, 0.3) is 0 Å². The SMILES string of the molecule is CCOC(=O)C(c1ccccc1)n1cc(Cl)cn1. The highest BCUT2D eigenvalue weighted by Crippen LogP contribution is 2.21. The molecule has 4 nitrogen and oxygen atoms in total. The number of esters is 1. The summed E-state index contributed by atoms with van der Waals surface area (Å²) < 4.78 is 6.59. The van der Waals surface area contributed by atoms with Crippen LogP contribution in [0, 0.1) is 0 Å². The quantitative estimate of drug-likeness (QED) is 0.798. The van der Waals surface area contributed by atoms with E-state index in [4.69, 9.17) is 16.3 Å². The predicted octanol–water partition coefficient (Wildman–Crippen LogP) is 2.69. The third kappa shape index (κ3) is 2.71. The van der Waals surface area contributed by atoms with Crippen molar-refractivity contribution >= 4 is 17.6 Å². The van der Waals surface area contributed by atoms with Crippen molar-refractivity contribution < 1.29 is 9.53 Å². The van der Waals surface area contributed by atoms with Gasteiger partial charge in [0.05, 0.1) is 17.8 Å². The first-order valence-electron chi connectivity index (χ1n) is 5.63. The molecule has 0 aliphatic heterocycles. The Bertz CT molecular complexity index is 525. The summed E-state index contributed by atoms with van der Waals surface area (Å²) in [6, 6.07) is 8.74. The minimum absolute atomic E-state index is 0.331. The van der Waals surface area contributed by atoms with Gasteiger partial charge in [-0.05, 0) is 12.5 Å². The molecule has 1 aromatic carbocycles. The van der Waals surface area contributed by atoms with E-state index in [2.05, 4.69) is 5.10 Å². The van der Waals surface area contributed by atoms with Crippen LogP contribution in [0.3, 0.4) is 0 Å². The number of hydrogen-bond acceptors (Lipinski definition) is 3. The van der Waals surface area contributed by atoms with Crippen molar-refractivity contribution in [3.8, 4) is 0 Å². The first-order valence-corrected chi connectivity index (χ1v) is 6.01. The highest BCUT2D eigenvalue weighted by Gasteiger charge is 2.24. The molecule has 1 aromatic heterocycles.